The quantitative estimate of drug-likeness (QED) is 0.413. The number of nitrogens with zero attached hydrogens (tertiary/aromatic N) is 3. The zero-order chi connectivity index (χ0) is 20.9. The first-order valence-corrected chi connectivity index (χ1v) is 11.4. The molecule has 30 heavy (non-hydrogen) atoms. The van der Waals surface area contributed by atoms with Gasteiger partial charge in [-0.05, 0) is 60.7 Å². The van der Waals surface area contributed by atoms with Crippen LogP contribution in [0.4, 0.5) is 0 Å². The summed E-state index contributed by atoms with van der Waals surface area (Å²) in [7, 11) is 0. The van der Waals surface area contributed by atoms with E-state index in [1.807, 2.05) is 60.9 Å². The maximum Gasteiger partial charge on any atom is 0.291 e. The Morgan fingerprint density at radius 3 is 2.77 bits per heavy atom. The maximum absolute atomic E-state index is 12.8. The lowest BCUT2D eigenvalue weighted by atomic mass is 10.2. The number of ether oxygens (including phenoxy) is 2. The number of hydrogen-bond donors (Lipinski definition) is 0. The molecule has 0 aliphatic rings. The van der Waals surface area contributed by atoms with Crippen molar-refractivity contribution in [2.75, 3.05) is 13.2 Å². The number of rotatable bonds is 8. The van der Waals surface area contributed by atoms with Gasteiger partial charge in [-0.1, -0.05) is 30.4 Å². The van der Waals surface area contributed by atoms with Crippen LogP contribution >= 0.6 is 22.7 Å². The molecule has 0 aliphatic carbocycles. The van der Waals surface area contributed by atoms with Gasteiger partial charge in [-0.3, -0.25) is 4.79 Å². The van der Waals surface area contributed by atoms with E-state index in [2.05, 4.69) is 17.0 Å². The second kappa shape index (κ2) is 9.23. The molecule has 0 bridgehead atoms. The fourth-order valence-electron chi connectivity index (χ4n) is 2.83. The van der Waals surface area contributed by atoms with Crippen LogP contribution in [0.3, 0.4) is 0 Å². The predicted octanol–water partition coefficient (Wildman–Crippen LogP) is 4.12. The van der Waals surface area contributed by atoms with Gasteiger partial charge in [-0.15, -0.1) is 16.4 Å². The van der Waals surface area contributed by atoms with Gasteiger partial charge in [0, 0.05) is 4.88 Å². The zero-order valence-corrected chi connectivity index (χ0v) is 18.3. The molecule has 0 amide bonds. The summed E-state index contributed by atoms with van der Waals surface area (Å²) >= 11 is 2.95. The molecule has 3 aromatic heterocycles. The van der Waals surface area contributed by atoms with Gasteiger partial charge in [0.15, 0.2) is 17.3 Å². The molecule has 0 spiro atoms. The highest BCUT2D eigenvalue weighted by atomic mass is 32.1. The molecule has 0 saturated carbocycles. The molecule has 4 rings (SSSR count). The number of hydrogen-bond acceptors (Lipinski definition) is 7. The van der Waals surface area contributed by atoms with Gasteiger partial charge in [-0.2, -0.15) is 9.50 Å². The largest absolute Gasteiger partial charge is 0.490 e. The van der Waals surface area contributed by atoms with E-state index in [1.54, 1.807) is 11.3 Å². The Morgan fingerprint density at radius 1 is 1.13 bits per heavy atom. The summed E-state index contributed by atoms with van der Waals surface area (Å²) in [6, 6.07) is 9.68. The smallest absolute Gasteiger partial charge is 0.291 e. The standard InChI is InChI=1S/C22H21N3O3S2/c1-3-11-28-17-9-7-15(13-18(17)27-4-2)14-19-21(26)25-22(30-19)23-20(24-25)10-8-16-6-5-12-29-16/h5-10,12-14H,3-4,11H2,1-2H3. The third-order valence-corrected chi connectivity index (χ3v) is 5.96. The summed E-state index contributed by atoms with van der Waals surface area (Å²) in [5, 5.41) is 6.34. The summed E-state index contributed by atoms with van der Waals surface area (Å²) in [6.45, 7) is 5.16. The molecule has 0 atom stereocenters. The minimum Gasteiger partial charge on any atom is -0.490 e. The fraction of sp³-hybridized carbons (Fsp3) is 0.227. The maximum atomic E-state index is 12.8. The van der Waals surface area contributed by atoms with E-state index in [0.717, 1.165) is 16.9 Å². The van der Waals surface area contributed by atoms with E-state index < -0.39 is 0 Å². The minimum atomic E-state index is -0.178. The van der Waals surface area contributed by atoms with Crippen molar-refractivity contribution in [1.29, 1.82) is 0 Å². The third kappa shape index (κ3) is 4.44. The highest BCUT2D eigenvalue weighted by Gasteiger charge is 2.10. The van der Waals surface area contributed by atoms with Gasteiger partial charge in [0.2, 0.25) is 4.96 Å². The first-order valence-electron chi connectivity index (χ1n) is 9.70. The van der Waals surface area contributed by atoms with Crippen molar-refractivity contribution < 1.29 is 9.47 Å². The van der Waals surface area contributed by atoms with E-state index >= 15 is 0 Å². The lowest BCUT2D eigenvalue weighted by Crippen LogP contribution is -2.23. The van der Waals surface area contributed by atoms with Crippen LogP contribution in [0.2, 0.25) is 0 Å². The van der Waals surface area contributed by atoms with Gasteiger partial charge in [0.05, 0.1) is 17.7 Å². The topological polar surface area (TPSA) is 65.7 Å². The third-order valence-electron chi connectivity index (χ3n) is 4.17. The lowest BCUT2D eigenvalue weighted by Gasteiger charge is -2.11. The van der Waals surface area contributed by atoms with Crippen molar-refractivity contribution >= 4 is 45.9 Å². The summed E-state index contributed by atoms with van der Waals surface area (Å²) in [5.41, 5.74) is 0.684. The van der Waals surface area contributed by atoms with Crippen LogP contribution in [-0.2, 0) is 0 Å². The normalized spacial score (nSPS) is 12.3. The molecule has 1 aromatic carbocycles. The molecule has 0 unspecified atom stereocenters. The Bertz CT molecular complexity index is 1270. The van der Waals surface area contributed by atoms with Gasteiger partial charge < -0.3 is 9.47 Å². The molecule has 0 fully saturated rings. The van der Waals surface area contributed by atoms with Gasteiger partial charge in [0.1, 0.15) is 0 Å². The molecule has 3 heterocycles. The van der Waals surface area contributed by atoms with E-state index in [4.69, 9.17) is 9.47 Å². The van der Waals surface area contributed by atoms with E-state index in [1.165, 1.54) is 15.9 Å². The number of thiophene rings is 1. The number of aromatic nitrogens is 3. The highest BCUT2D eigenvalue weighted by Crippen LogP contribution is 2.29. The minimum absolute atomic E-state index is 0.178. The Hall–Kier alpha value is -2.97. The van der Waals surface area contributed by atoms with Crippen molar-refractivity contribution in [3.8, 4) is 11.5 Å². The molecule has 4 aromatic rings. The molecule has 0 N–H and O–H groups in total. The molecule has 0 aliphatic heterocycles. The van der Waals surface area contributed by atoms with Crippen LogP contribution in [0.1, 0.15) is 36.5 Å². The van der Waals surface area contributed by atoms with E-state index in [9.17, 15) is 4.79 Å². The Balaban J connectivity index is 1.64. The summed E-state index contributed by atoms with van der Waals surface area (Å²) in [6.07, 6.45) is 6.51. The van der Waals surface area contributed by atoms with E-state index in [0.29, 0.717) is 40.0 Å². The first-order chi connectivity index (χ1) is 14.7. The van der Waals surface area contributed by atoms with Crippen LogP contribution in [-0.4, -0.2) is 27.8 Å². The molecular formula is C22H21N3O3S2. The second-order valence-corrected chi connectivity index (χ2v) is 8.40. The monoisotopic (exact) mass is 439 g/mol. The van der Waals surface area contributed by atoms with Crippen LogP contribution in [0.25, 0.3) is 23.2 Å². The molecule has 6 nitrogen and oxygen atoms in total. The first kappa shape index (κ1) is 20.3. The average molecular weight is 440 g/mol. The Labute approximate surface area is 181 Å². The highest BCUT2D eigenvalue weighted by molar-refractivity contribution is 7.15. The van der Waals surface area contributed by atoms with Crippen molar-refractivity contribution in [3.63, 3.8) is 0 Å². The van der Waals surface area contributed by atoms with Gasteiger partial charge >= 0.3 is 0 Å². The number of fused-ring (bicyclic) bond motifs is 1. The van der Waals surface area contributed by atoms with Crippen molar-refractivity contribution in [1.82, 2.24) is 14.6 Å². The Kier molecular flexibility index (Phi) is 6.25. The second-order valence-electron chi connectivity index (χ2n) is 6.42. The van der Waals surface area contributed by atoms with Crippen LogP contribution in [0.5, 0.6) is 11.5 Å². The van der Waals surface area contributed by atoms with Crippen LogP contribution in [0.15, 0.2) is 40.5 Å². The molecule has 0 radical (unpaired) electrons. The zero-order valence-electron chi connectivity index (χ0n) is 16.7. The van der Waals surface area contributed by atoms with Crippen molar-refractivity contribution in [3.05, 3.63) is 66.9 Å². The molecule has 0 saturated heterocycles. The summed E-state index contributed by atoms with van der Waals surface area (Å²) < 4.78 is 13.4. The molecule has 154 valence electrons. The van der Waals surface area contributed by atoms with E-state index in [-0.39, 0.29) is 5.56 Å². The van der Waals surface area contributed by atoms with Crippen LogP contribution < -0.4 is 19.6 Å². The lowest BCUT2D eigenvalue weighted by molar-refractivity contribution is 0.277. The van der Waals surface area contributed by atoms with Crippen molar-refractivity contribution in [2.45, 2.75) is 20.3 Å². The predicted molar refractivity (Wildman–Crippen MR) is 123 cm³/mol. The Morgan fingerprint density at radius 2 is 2.03 bits per heavy atom. The van der Waals surface area contributed by atoms with Gasteiger partial charge in [0.25, 0.3) is 5.56 Å². The summed E-state index contributed by atoms with van der Waals surface area (Å²) in [5.74, 6) is 1.91. The van der Waals surface area contributed by atoms with Gasteiger partial charge in [-0.25, -0.2) is 0 Å². The fourth-order valence-corrected chi connectivity index (χ4v) is 4.36. The average Bonchev–Trinajstić information content (AvgIpc) is 3.46. The number of thiazole rings is 1. The van der Waals surface area contributed by atoms with Crippen LogP contribution in [0, 0.1) is 0 Å². The molecule has 8 heteroatoms. The number of benzene rings is 1. The summed E-state index contributed by atoms with van der Waals surface area (Å²) in [4.78, 5) is 18.9. The van der Waals surface area contributed by atoms with Crippen molar-refractivity contribution in [2.24, 2.45) is 0 Å². The molecular weight excluding hydrogens is 418 g/mol. The SMILES string of the molecule is CCCOc1ccc(C=c2sc3nc(C=Cc4cccs4)nn3c2=O)cc1OCC.